The maximum atomic E-state index is 13.1. The van der Waals surface area contributed by atoms with Crippen molar-refractivity contribution in [2.24, 2.45) is 0 Å². The molecule has 0 bridgehead atoms. The number of carbonyl (C=O) groups is 2. The number of methoxy groups -OCH3 is 2. The zero-order valence-corrected chi connectivity index (χ0v) is 34.7. The van der Waals surface area contributed by atoms with E-state index in [2.05, 4.69) is 36.6 Å². The molecule has 4 aromatic carbocycles. The predicted octanol–water partition coefficient (Wildman–Crippen LogP) is 10.5. The first-order chi connectivity index (χ1) is 27.9. The molecule has 0 saturated heterocycles. The standard InChI is InChI=1S/C21H18BrF3O4.C11H12O4.C10H8BrF3O/c1-27-19(26)8-11-10-28-18-9-12(2-3-13(11)18)29-17-7-5-15-14(17)4-6-16(20(15)22)21(23,24)25;1-14-11(13)4-7-6-15-10-5-8(12)2-3-9(7)10;11-9-6-2-4-8(15)5(6)1-3-7(9)10(12,13)14/h2-4,6,9,11,17H,5,7-8,10H2,1H3;2-3,5,7,12H,4,6H2,1H3;1,3,8,15H,2,4H2/t11?,17-;;8-/m1.0/s1. The monoisotopic (exact) mass is 958 g/mol. The quantitative estimate of drug-likeness (QED) is 0.144. The van der Waals surface area contributed by atoms with E-state index < -0.39 is 29.6 Å². The Kier molecular flexibility index (Phi) is 13.5. The number of phenols is 1. The highest BCUT2D eigenvalue weighted by Gasteiger charge is 2.38. The molecule has 8 rings (SSSR count). The van der Waals surface area contributed by atoms with Crippen molar-refractivity contribution >= 4 is 43.8 Å². The van der Waals surface area contributed by atoms with E-state index in [9.17, 15) is 46.1 Å². The van der Waals surface area contributed by atoms with E-state index in [-0.39, 0.29) is 51.0 Å². The molecule has 4 aliphatic rings. The highest BCUT2D eigenvalue weighted by molar-refractivity contribution is 9.11. The second-order valence-corrected chi connectivity index (χ2v) is 15.8. The average Bonchev–Trinajstić information content (AvgIpc) is 3.98. The number of hydrogen-bond acceptors (Lipinski definition) is 9. The number of ether oxygens (including phenoxy) is 5. The Morgan fingerprint density at radius 3 is 1.71 bits per heavy atom. The molecular weight excluding hydrogens is 922 g/mol. The summed E-state index contributed by atoms with van der Waals surface area (Å²) in [4.78, 5) is 22.6. The fraction of sp³-hybridized carbons (Fsp3) is 0.381. The lowest BCUT2D eigenvalue weighted by Gasteiger charge is -2.17. The third kappa shape index (κ3) is 9.94. The van der Waals surface area contributed by atoms with Crippen LogP contribution in [-0.2, 0) is 44.3 Å². The molecule has 0 spiro atoms. The Hall–Kier alpha value is -4.48. The Bertz CT molecular complexity index is 2210. The summed E-state index contributed by atoms with van der Waals surface area (Å²) in [6, 6.07) is 15.3. The Labute approximate surface area is 351 Å². The largest absolute Gasteiger partial charge is 0.508 e. The molecule has 9 nitrogen and oxygen atoms in total. The van der Waals surface area contributed by atoms with E-state index in [1.807, 2.05) is 6.07 Å². The van der Waals surface area contributed by atoms with Crippen molar-refractivity contribution in [1.29, 1.82) is 0 Å². The molecule has 2 aliphatic heterocycles. The fourth-order valence-electron chi connectivity index (χ4n) is 7.49. The first-order valence-corrected chi connectivity index (χ1v) is 20.0. The summed E-state index contributed by atoms with van der Waals surface area (Å²) in [5.74, 6) is 1.50. The minimum absolute atomic E-state index is 0.0352. The molecular formula is C42H38Br2F6O9. The van der Waals surface area contributed by atoms with Crippen LogP contribution in [0.25, 0.3) is 0 Å². The molecule has 0 radical (unpaired) electrons. The van der Waals surface area contributed by atoms with Crippen LogP contribution in [0.5, 0.6) is 23.0 Å². The minimum Gasteiger partial charge on any atom is -0.508 e. The molecule has 2 N–H and O–H groups in total. The predicted molar refractivity (Wildman–Crippen MR) is 208 cm³/mol. The summed E-state index contributed by atoms with van der Waals surface area (Å²) in [6.45, 7) is 0.862. The van der Waals surface area contributed by atoms with Crippen molar-refractivity contribution < 1.29 is 69.8 Å². The van der Waals surface area contributed by atoms with Crippen LogP contribution in [-0.4, -0.2) is 49.6 Å². The van der Waals surface area contributed by atoms with Gasteiger partial charge in [0.25, 0.3) is 0 Å². The third-order valence-corrected chi connectivity index (χ3v) is 12.3. The van der Waals surface area contributed by atoms with Crippen LogP contribution in [0.15, 0.2) is 69.6 Å². The van der Waals surface area contributed by atoms with Gasteiger partial charge in [0.15, 0.2) is 0 Å². The SMILES string of the molecule is COC(=O)CC1COc2cc(O)ccc21.COC(=O)CC1COc2cc(O[C@@H]3CCc4c3ccc(C(F)(F)F)c4Br)ccc21.O[C@H]1CCc2c1ccc(C(F)(F)F)c2Br. The highest BCUT2D eigenvalue weighted by atomic mass is 79.9. The summed E-state index contributed by atoms with van der Waals surface area (Å²) in [5, 5.41) is 18.7. The first-order valence-electron chi connectivity index (χ1n) is 18.4. The zero-order chi connectivity index (χ0) is 42.8. The number of aliphatic hydroxyl groups is 1. The molecule has 0 saturated carbocycles. The Morgan fingerprint density at radius 1 is 0.695 bits per heavy atom. The number of alkyl halides is 6. The van der Waals surface area contributed by atoms with Crippen LogP contribution in [0.4, 0.5) is 26.3 Å². The van der Waals surface area contributed by atoms with Gasteiger partial charge in [-0.05, 0) is 104 Å². The van der Waals surface area contributed by atoms with Gasteiger partial charge in [0.1, 0.15) is 29.1 Å². The summed E-state index contributed by atoms with van der Waals surface area (Å²) in [7, 11) is 2.72. The van der Waals surface area contributed by atoms with Gasteiger partial charge in [0, 0.05) is 44.0 Å². The van der Waals surface area contributed by atoms with E-state index in [1.54, 1.807) is 30.3 Å². The lowest BCUT2D eigenvalue weighted by molar-refractivity contribution is -0.142. The number of halogens is 8. The van der Waals surface area contributed by atoms with Gasteiger partial charge >= 0.3 is 24.3 Å². The summed E-state index contributed by atoms with van der Waals surface area (Å²) in [6.07, 6.45) is -7.05. The van der Waals surface area contributed by atoms with Crippen LogP contribution < -0.4 is 14.2 Å². The summed E-state index contributed by atoms with van der Waals surface area (Å²) >= 11 is 6.08. The van der Waals surface area contributed by atoms with Crippen LogP contribution >= 0.6 is 31.9 Å². The lowest BCUT2D eigenvalue weighted by atomic mass is 9.98. The van der Waals surface area contributed by atoms with E-state index in [0.717, 1.165) is 28.8 Å². The van der Waals surface area contributed by atoms with Crippen LogP contribution in [0.3, 0.4) is 0 Å². The number of esters is 2. The van der Waals surface area contributed by atoms with E-state index >= 15 is 0 Å². The van der Waals surface area contributed by atoms with Crippen molar-refractivity contribution in [1.82, 2.24) is 0 Å². The van der Waals surface area contributed by atoms with Gasteiger partial charge in [-0.3, -0.25) is 9.59 Å². The number of aromatic hydroxyl groups is 1. The van der Waals surface area contributed by atoms with Crippen LogP contribution in [0.1, 0.15) is 94.2 Å². The number of carbonyl (C=O) groups excluding carboxylic acids is 2. The van der Waals surface area contributed by atoms with Crippen LogP contribution in [0, 0.1) is 0 Å². The molecule has 4 atom stereocenters. The normalized spacial score (nSPS) is 19.6. The van der Waals surface area contributed by atoms with E-state index in [0.29, 0.717) is 79.3 Å². The highest BCUT2D eigenvalue weighted by Crippen LogP contribution is 2.46. The second kappa shape index (κ2) is 18.0. The molecule has 0 fully saturated rings. The number of fused-ring (bicyclic) bond motifs is 4. The molecule has 0 aromatic heterocycles. The lowest BCUT2D eigenvalue weighted by Crippen LogP contribution is -2.09. The topological polar surface area (TPSA) is 121 Å². The molecule has 17 heteroatoms. The molecule has 0 amide bonds. The van der Waals surface area contributed by atoms with Gasteiger partial charge in [-0.1, -0.05) is 24.3 Å². The Balaban J connectivity index is 0.000000164. The number of aliphatic hydroxyl groups excluding tert-OH is 1. The number of benzene rings is 4. The maximum Gasteiger partial charge on any atom is 0.417 e. The number of hydrogen-bond donors (Lipinski definition) is 2. The van der Waals surface area contributed by atoms with Crippen molar-refractivity contribution in [3.8, 4) is 23.0 Å². The van der Waals surface area contributed by atoms with Crippen molar-refractivity contribution in [2.75, 3.05) is 27.4 Å². The van der Waals surface area contributed by atoms with E-state index in [4.69, 9.17) is 18.9 Å². The van der Waals surface area contributed by atoms with Crippen LogP contribution in [0.2, 0.25) is 0 Å². The van der Waals surface area contributed by atoms with Crippen molar-refractivity contribution in [3.05, 3.63) is 114 Å². The van der Waals surface area contributed by atoms with Crippen molar-refractivity contribution in [3.63, 3.8) is 0 Å². The van der Waals surface area contributed by atoms with Gasteiger partial charge in [0.2, 0.25) is 0 Å². The third-order valence-electron chi connectivity index (χ3n) is 10.5. The second-order valence-electron chi connectivity index (χ2n) is 14.2. The number of phenolic OH excluding ortho intramolecular Hbond substituents is 1. The van der Waals surface area contributed by atoms with Gasteiger partial charge in [-0.15, -0.1) is 0 Å². The summed E-state index contributed by atoms with van der Waals surface area (Å²) in [5.41, 5.74) is 3.13. The zero-order valence-electron chi connectivity index (χ0n) is 31.5. The molecule has 59 heavy (non-hydrogen) atoms. The first kappa shape index (κ1) is 44.1. The summed E-state index contributed by atoms with van der Waals surface area (Å²) < 4.78 is 104. The number of rotatable bonds is 6. The molecule has 316 valence electrons. The van der Waals surface area contributed by atoms with Gasteiger partial charge in [0.05, 0.1) is 57.5 Å². The maximum absolute atomic E-state index is 13.1. The minimum atomic E-state index is -4.40. The molecule has 2 aliphatic carbocycles. The van der Waals surface area contributed by atoms with E-state index in [1.165, 1.54) is 26.4 Å². The van der Waals surface area contributed by atoms with Gasteiger partial charge in [-0.25, -0.2) is 0 Å². The smallest absolute Gasteiger partial charge is 0.417 e. The van der Waals surface area contributed by atoms with Gasteiger partial charge < -0.3 is 33.9 Å². The van der Waals surface area contributed by atoms with Gasteiger partial charge in [-0.2, -0.15) is 26.3 Å². The Morgan fingerprint density at radius 2 is 1.17 bits per heavy atom. The molecule has 2 heterocycles. The fourth-order valence-corrected chi connectivity index (χ4v) is 9.06. The van der Waals surface area contributed by atoms with Crippen molar-refractivity contribution in [2.45, 2.75) is 74.9 Å². The average molecular weight is 961 g/mol. The molecule has 4 aromatic rings. The molecule has 2 unspecified atom stereocenters.